The average molecular weight is 621 g/mol. The molecule has 11 rings (SSSR count). The van der Waals surface area contributed by atoms with E-state index in [-0.39, 0.29) is 0 Å². The summed E-state index contributed by atoms with van der Waals surface area (Å²) in [6, 6.07) is 60.1. The van der Waals surface area contributed by atoms with Gasteiger partial charge in [0.25, 0.3) is 0 Å². The van der Waals surface area contributed by atoms with Crippen LogP contribution in [0, 0.1) is 0 Å². The van der Waals surface area contributed by atoms with Crippen LogP contribution in [0.15, 0.2) is 170 Å². The minimum Gasteiger partial charge on any atom is -0.293 e. The number of aromatic nitrogens is 2. The summed E-state index contributed by atoms with van der Waals surface area (Å²) < 4.78 is 2.35. The monoisotopic (exact) mass is 620 g/mol. The van der Waals surface area contributed by atoms with Crippen LogP contribution in [0.25, 0.3) is 104 Å². The van der Waals surface area contributed by atoms with Gasteiger partial charge in [-0.2, -0.15) is 0 Å². The molecule has 0 radical (unpaired) electrons. The summed E-state index contributed by atoms with van der Waals surface area (Å²) in [5, 5.41) is 12.5. The molecule has 0 fully saturated rings. The van der Waals surface area contributed by atoms with Gasteiger partial charge in [-0.25, -0.2) is 4.98 Å². The van der Waals surface area contributed by atoms with Gasteiger partial charge < -0.3 is 0 Å². The molecule has 0 saturated carbocycles. The fraction of sp³-hybridized carbons (Fsp3) is 0. The Morgan fingerprint density at radius 1 is 0.367 bits per heavy atom. The van der Waals surface area contributed by atoms with Crippen molar-refractivity contribution in [2.24, 2.45) is 0 Å². The van der Waals surface area contributed by atoms with E-state index in [1.165, 1.54) is 98.3 Å². The van der Waals surface area contributed by atoms with Crippen LogP contribution in [0.4, 0.5) is 0 Å². The molecule has 0 unspecified atom stereocenters. The van der Waals surface area contributed by atoms with Gasteiger partial charge in [-0.3, -0.25) is 4.40 Å². The molecule has 3 heterocycles. The van der Waals surface area contributed by atoms with E-state index in [4.69, 9.17) is 4.98 Å². The number of nitrogens with zero attached hydrogens (tertiary/aromatic N) is 2. The van der Waals surface area contributed by atoms with Crippen LogP contribution < -0.4 is 0 Å². The summed E-state index contributed by atoms with van der Waals surface area (Å²) >= 11 is 0. The summed E-state index contributed by atoms with van der Waals surface area (Å²) in [7, 11) is 0. The highest BCUT2D eigenvalue weighted by Gasteiger charge is 2.22. The quantitative estimate of drug-likeness (QED) is 0.180. The van der Waals surface area contributed by atoms with Crippen LogP contribution in [-0.4, -0.2) is 9.38 Å². The molecule has 2 heteroatoms. The fourth-order valence-corrected chi connectivity index (χ4v) is 8.50. The van der Waals surface area contributed by atoms with Crippen molar-refractivity contribution in [2.75, 3.05) is 0 Å². The van der Waals surface area contributed by atoms with Crippen LogP contribution in [-0.2, 0) is 0 Å². The molecule has 2 nitrogen and oxygen atoms in total. The number of pyridine rings is 1. The molecule has 0 N–H and O–H groups in total. The van der Waals surface area contributed by atoms with Crippen molar-refractivity contribution in [2.45, 2.75) is 0 Å². The molecule has 0 aliphatic heterocycles. The summed E-state index contributed by atoms with van der Waals surface area (Å²) in [6.07, 6.45) is 1.90. The number of rotatable bonds is 3. The molecule has 3 aromatic heterocycles. The Kier molecular flexibility index (Phi) is 5.42. The van der Waals surface area contributed by atoms with Crippen LogP contribution >= 0.6 is 0 Å². The van der Waals surface area contributed by atoms with Gasteiger partial charge in [0.15, 0.2) is 0 Å². The maximum atomic E-state index is 4.87. The van der Waals surface area contributed by atoms with E-state index >= 15 is 0 Å². The Hall–Kier alpha value is -6.51. The molecule has 0 bridgehead atoms. The van der Waals surface area contributed by atoms with Gasteiger partial charge in [0.05, 0.1) is 11.0 Å². The van der Waals surface area contributed by atoms with Crippen molar-refractivity contribution in [3.8, 4) is 33.4 Å². The molecular formula is C47H28N2. The summed E-state index contributed by atoms with van der Waals surface area (Å²) in [5.74, 6) is 0. The van der Waals surface area contributed by atoms with E-state index in [1.54, 1.807) is 0 Å². The van der Waals surface area contributed by atoms with Gasteiger partial charge in [0, 0.05) is 27.7 Å². The van der Waals surface area contributed by atoms with Gasteiger partial charge in [0.1, 0.15) is 5.65 Å². The van der Waals surface area contributed by atoms with E-state index in [9.17, 15) is 0 Å². The Labute approximate surface area is 282 Å². The molecule has 8 aromatic carbocycles. The first kappa shape index (κ1) is 26.5. The Morgan fingerprint density at radius 3 is 1.61 bits per heavy atom. The number of hydrogen-bond donors (Lipinski definition) is 0. The van der Waals surface area contributed by atoms with E-state index in [1.807, 2.05) is 6.20 Å². The summed E-state index contributed by atoms with van der Waals surface area (Å²) in [6.45, 7) is 0. The van der Waals surface area contributed by atoms with Crippen LogP contribution in [0.3, 0.4) is 0 Å². The number of hydrogen-bond acceptors (Lipinski definition) is 1. The lowest BCUT2D eigenvalue weighted by Crippen LogP contribution is -1.91. The first-order valence-electron chi connectivity index (χ1n) is 16.9. The second-order valence-electron chi connectivity index (χ2n) is 13.1. The molecule has 49 heavy (non-hydrogen) atoms. The van der Waals surface area contributed by atoms with E-state index in [2.05, 4.69) is 168 Å². The van der Waals surface area contributed by atoms with E-state index in [0.29, 0.717) is 0 Å². The van der Waals surface area contributed by atoms with Crippen molar-refractivity contribution >= 4 is 70.5 Å². The second-order valence-corrected chi connectivity index (χ2v) is 13.1. The Balaban J connectivity index is 1.19. The lowest BCUT2D eigenvalue weighted by molar-refractivity contribution is 1.27. The normalized spacial score (nSPS) is 12.1. The minimum absolute atomic E-state index is 1.01. The van der Waals surface area contributed by atoms with Crippen molar-refractivity contribution in [1.29, 1.82) is 0 Å². The summed E-state index contributed by atoms with van der Waals surface area (Å²) in [5.41, 5.74) is 10.9. The molecule has 0 saturated heterocycles. The molecule has 0 amide bonds. The van der Waals surface area contributed by atoms with Crippen LogP contribution in [0.2, 0.25) is 0 Å². The largest absolute Gasteiger partial charge is 0.293 e. The predicted molar refractivity (Wildman–Crippen MR) is 208 cm³/mol. The van der Waals surface area contributed by atoms with Crippen LogP contribution in [0.1, 0.15) is 0 Å². The van der Waals surface area contributed by atoms with E-state index in [0.717, 1.165) is 5.65 Å². The van der Waals surface area contributed by atoms with E-state index < -0.39 is 0 Å². The number of fused-ring (bicyclic) bond motifs is 9. The smallest absolute Gasteiger partial charge is 0.145 e. The Morgan fingerprint density at radius 2 is 0.898 bits per heavy atom. The average Bonchev–Trinajstić information content (AvgIpc) is 3.68. The van der Waals surface area contributed by atoms with Crippen LogP contribution in [0.5, 0.6) is 0 Å². The van der Waals surface area contributed by atoms with Crippen molar-refractivity contribution in [1.82, 2.24) is 9.38 Å². The zero-order chi connectivity index (χ0) is 32.1. The maximum absolute atomic E-state index is 4.87. The molecule has 0 spiro atoms. The Bertz CT molecular complexity index is 2950. The molecule has 226 valence electrons. The maximum Gasteiger partial charge on any atom is 0.145 e. The number of para-hydroxylation sites is 1. The third-order valence-electron chi connectivity index (χ3n) is 10.6. The standard InChI is InChI=1S/C47H28N2/c1-2-13-33-29(11-1)12-9-19-34(33)30-22-24-31(25-23-30)44-36-15-3-5-17-38(36)45(39-18-6-4-16-37(39)44)32-27-41-35-14-7-8-21-43(35)49-46(41)42(28-32)40-20-10-26-48-47(40)49/h1-28H. The molecular weight excluding hydrogens is 593 g/mol. The van der Waals surface area contributed by atoms with Crippen molar-refractivity contribution in [3.63, 3.8) is 0 Å². The third kappa shape index (κ3) is 3.69. The third-order valence-corrected chi connectivity index (χ3v) is 10.6. The lowest BCUT2D eigenvalue weighted by Gasteiger charge is -2.18. The van der Waals surface area contributed by atoms with Crippen molar-refractivity contribution in [3.05, 3.63) is 170 Å². The number of benzene rings is 8. The van der Waals surface area contributed by atoms with Gasteiger partial charge in [-0.1, -0.05) is 133 Å². The predicted octanol–water partition coefficient (Wildman–Crippen LogP) is 12.7. The zero-order valence-corrected chi connectivity index (χ0v) is 26.6. The highest BCUT2D eigenvalue weighted by molar-refractivity contribution is 6.27. The molecule has 0 atom stereocenters. The second kappa shape index (κ2) is 10.00. The first-order chi connectivity index (χ1) is 24.3. The van der Waals surface area contributed by atoms with Gasteiger partial charge in [-0.05, 0) is 96.0 Å². The first-order valence-corrected chi connectivity index (χ1v) is 16.9. The molecule has 0 aliphatic carbocycles. The highest BCUT2D eigenvalue weighted by Crippen LogP contribution is 2.47. The summed E-state index contributed by atoms with van der Waals surface area (Å²) in [4.78, 5) is 4.87. The zero-order valence-electron chi connectivity index (χ0n) is 26.6. The lowest BCUT2D eigenvalue weighted by atomic mass is 9.85. The fourth-order valence-electron chi connectivity index (χ4n) is 8.50. The molecule has 0 aliphatic rings. The SMILES string of the molecule is c1ccc2c(-c3ccc(-c4c5ccccc5c(-c5cc6c7ccccc7n7c8ncccc8c(c5)c67)c5ccccc45)cc3)cccc2c1. The van der Waals surface area contributed by atoms with Gasteiger partial charge >= 0.3 is 0 Å². The van der Waals surface area contributed by atoms with Gasteiger partial charge in [-0.15, -0.1) is 0 Å². The topological polar surface area (TPSA) is 17.3 Å². The highest BCUT2D eigenvalue weighted by atomic mass is 15.0. The van der Waals surface area contributed by atoms with Gasteiger partial charge in [0.2, 0.25) is 0 Å². The minimum atomic E-state index is 1.01. The molecule has 11 aromatic rings. The van der Waals surface area contributed by atoms with Crippen molar-refractivity contribution < 1.29 is 0 Å².